The maximum atomic E-state index is 13.2. The van der Waals surface area contributed by atoms with Crippen LogP contribution in [0, 0.1) is 5.92 Å². The van der Waals surface area contributed by atoms with E-state index in [9.17, 15) is 43.2 Å². The van der Waals surface area contributed by atoms with Gasteiger partial charge >= 0.3 is 39.5 Å². The molecule has 0 saturated carbocycles. The minimum Gasteiger partial charge on any atom is -0.462 e. The van der Waals surface area contributed by atoms with E-state index >= 15 is 0 Å². The molecule has 0 bridgehead atoms. The van der Waals surface area contributed by atoms with Gasteiger partial charge in [0.15, 0.2) is 12.2 Å². The highest BCUT2D eigenvalue weighted by molar-refractivity contribution is 7.47. The van der Waals surface area contributed by atoms with Gasteiger partial charge in [0.05, 0.1) is 26.4 Å². The van der Waals surface area contributed by atoms with Crippen molar-refractivity contribution in [2.45, 2.75) is 522 Å². The molecule has 3 N–H and O–H groups in total. The second kappa shape index (κ2) is 84.5. The fourth-order valence-corrected chi connectivity index (χ4v) is 16.1. The van der Waals surface area contributed by atoms with Gasteiger partial charge in [-0.2, -0.15) is 0 Å². The van der Waals surface area contributed by atoms with Gasteiger partial charge in [0, 0.05) is 25.7 Å². The Morgan fingerprint density at radius 2 is 0.414 bits per heavy atom. The summed E-state index contributed by atoms with van der Waals surface area (Å²) in [5.41, 5.74) is 0. The molecule has 0 aliphatic heterocycles. The molecule has 0 saturated heterocycles. The van der Waals surface area contributed by atoms with Crippen LogP contribution in [0.25, 0.3) is 0 Å². The predicted molar refractivity (Wildman–Crippen MR) is 460 cm³/mol. The van der Waals surface area contributed by atoms with E-state index in [0.29, 0.717) is 25.7 Å². The van der Waals surface area contributed by atoms with Gasteiger partial charge < -0.3 is 33.8 Å². The molecule has 0 rings (SSSR count). The topological polar surface area (TPSA) is 237 Å². The van der Waals surface area contributed by atoms with Crippen LogP contribution in [0.2, 0.25) is 0 Å². The standard InChI is InChI=1S/C92H180O17P2/c1-6-9-12-15-18-21-24-26-28-30-32-34-36-38-40-42-47-51-56-61-66-71-76-90(95)103-82-88(109-91(96)77-72-67-62-57-52-48-43-41-39-37-35-33-31-29-27-25-22-19-16-13-10-7-2)84-107-111(100,101)105-80-86(93)79-104-110(98,99)106-83-87(81-102-89(94)75-70-65-60-55-23-20-17-14-11-8-3)108-92(97)78-73-68-63-58-53-49-45-44-46-50-54-59-64-69-74-85(4)5/h85-88,93H,6-84H2,1-5H3,(H,98,99)(H,100,101)/t86-,87+,88+/m0/s1. The van der Waals surface area contributed by atoms with Crippen LogP contribution < -0.4 is 0 Å². The lowest BCUT2D eigenvalue weighted by Crippen LogP contribution is -2.30. The average molecular weight is 1620 g/mol. The highest BCUT2D eigenvalue weighted by atomic mass is 31.2. The van der Waals surface area contributed by atoms with E-state index in [4.69, 9.17) is 37.0 Å². The Labute approximate surface area is 683 Å². The van der Waals surface area contributed by atoms with Gasteiger partial charge in [-0.05, 0) is 31.6 Å². The Hall–Kier alpha value is -1.94. The molecule has 19 heteroatoms. The minimum atomic E-state index is -4.97. The van der Waals surface area contributed by atoms with E-state index in [-0.39, 0.29) is 25.7 Å². The quantitative estimate of drug-likeness (QED) is 0.0222. The number of carbonyl (C=O) groups excluding carboxylic acids is 4. The molecule has 17 nitrogen and oxygen atoms in total. The van der Waals surface area contributed by atoms with Crippen LogP contribution in [0.5, 0.6) is 0 Å². The lowest BCUT2D eigenvalue weighted by Gasteiger charge is -2.21. The number of aliphatic hydroxyl groups is 1. The molecule has 2 unspecified atom stereocenters. The fraction of sp³-hybridized carbons (Fsp3) is 0.957. The van der Waals surface area contributed by atoms with Crippen LogP contribution >= 0.6 is 15.6 Å². The summed E-state index contributed by atoms with van der Waals surface area (Å²) < 4.78 is 69.1. The molecule has 0 aromatic rings. The van der Waals surface area contributed by atoms with Crippen LogP contribution in [-0.4, -0.2) is 96.7 Å². The Kier molecular flexibility index (Phi) is 83.0. The number of phosphoric ester groups is 2. The second-order valence-electron chi connectivity index (χ2n) is 33.5. The summed E-state index contributed by atoms with van der Waals surface area (Å²) in [6.45, 7) is 7.40. The summed E-state index contributed by atoms with van der Waals surface area (Å²) in [5, 5.41) is 10.7. The number of phosphoric acid groups is 2. The van der Waals surface area contributed by atoms with Crippen molar-refractivity contribution in [1.82, 2.24) is 0 Å². The Bertz CT molecular complexity index is 2100. The molecular formula is C92H180O17P2. The summed E-state index contributed by atoms with van der Waals surface area (Å²) in [6, 6.07) is 0. The van der Waals surface area contributed by atoms with Gasteiger partial charge in [-0.15, -0.1) is 0 Å². The van der Waals surface area contributed by atoms with Crippen LogP contribution in [0.15, 0.2) is 0 Å². The van der Waals surface area contributed by atoms with E-state index in [0.717, 1.165) is 95.8 Å². The number of unbranched alkanes of at least 4 members (excludes halogenated alkanes) is 64. The summed E-state index contributed by atoms with van der Waals surface area (Å²) >= 11 is 0. The minimum absolute atomic E-state index is 0.108. The van der Waals surface area contributed by atoms with Gasteiger partial charge in [-0.1, -0.05) is 452 Å². The molecule has 660 valence electrons. The van der Waals surface area contributed by atoms with Crippen molar-refractivity contribution < 1.29 is 80.2 Å². The highest BCUT2D eigenvalue weighted by Crippen LogP contribution is 2.45. The molecular weight excluding hydrogens is 1440 g/mol. The molecule has 0 aliphatic rings. The normalized spacial score (nSPS) is 13.7. The molecule has 0 aromatic heterocycles. The molecule has 5 atom stereocenters. The number of carbonyl (C=O) groups is 4. The van der Waals surface area contributed by atoms with Crippen molar-refractivity contribution in [3.05, 3.63) is 0 Å². The smallest absolute Gasteiger partial charge is 0.462 e. The van der Waals surface area contributed by atoms with E-state index in [1.165, 1.54) is 327 Å². The van der Waals surface area contributed by atoms with Crippen molar-refractivity contribution in [3.63, 3.8) is 0 Å². The first-order valence-electron chi connectivity index (χ1n) is 47.6. The summed E-state index contributed by atoms with van der Waals surface area (Å²) in [6.07, 6.45) is 80.8. The Morgan fingerprint density at radius 3 is 0.613 bits per heavy atom. The molecule has 0 amide bonds. The average Bonchev–Trinajstić information content (AvgIpc) is 0.899. The number of aliphatic hydroxyl groups excluding tert-OH is 1. The SMILES string of the molecule is CCCCCCCCCCCCCCCCCCCCCCCCC(=O)OC[C@H](COP(=O)(O)OC[C@@H](O)COP(=O)(O)OC[C@@H](COC(=O)CCCCCCCCCCCC)OC(=O)CCCCCCCCCCCCCCCCC(C)C)OC(=O)CCCCCCCCCCCCCCCCCCCCCCCC. The second-order valence-corrected chi connectivity index (χ2v) is 36.4. The lowest BCUT2D eigenvalue weighted by atomic mass is 10.0. The Balaban J connectivity index is 5.20. The van der Waals surface area contributed by atoms with Gasteiger partial charge in [0.2, 0.25) is 0 Å². The van der Waals surface area contributed by atoms with Crippen molar-refractivity contribution >= 4 is 39.5 Å². The van der Waals surface area contributed by atoms with Crippen LogP contribution in [0.4, 0.5) is 0 Å². The Morgan fingerprint density at radius 1 is 0.243 bits per heavy atom. The highest BCUT2D eigenvalue weighted by Gasteiger charge is 2.31. The monoisotopic (exact) mass is 1620 g/mol. The number of rotatable bonds is 92. The molecule has 0 heterocycles. The van der Waals surface area contributed by atoms with E-state index in [1.807, 2.05) is 0 Å². The number of hydrogen-bond donors (Lipinski definition) is 3. The first-order valence-corrected chi connectivity index (χ1v) is 50.6. The third-order valence-corrected chi connectivity index (χ3v) is 23.7. The number of hydrogen-bond acceptors (Lipinski definition) is 15. The molecule has 0 fully saturated rings. The van der Waals surface area contributed by atoms with Crippen LogP contribution in [-0.2, 0) is 65.4 Å². The van der Waals surface area contributed by atoms with Gasteiger partial charge in [0.25, 0.3) is 0 Å². The predicted octanol–water partition coefficient (Wildman–Crippen LogP) is 28.7. The maximum absolute atomic E-state index is 13.2. The first kappa shape index (κ1) is 109. The third kappa shape index (κ3) is 85.8. The van der Waals surface area contributed by atoms with Gasteiger partial charge in [-0.25, -0.2) is 9.13 Å². The third-order valence-electron chi connectivity index (χ3n) is 21.8. The maximum Gasteiger partial charge on any atom is 0.472 e. The van der Waals surface area contributed by atoms with E-state index in [1.54, 1.807) is 0 Å². The van der Waals surface area contributed by atoms with Crippen LogP contribution in [0.1, 0.15) is 503 Å². The molecule has 0 aromatic carbocycles. The summed E-state index contributed by atoms with van der Waals surface area (Å²) in [5.74, 6) is -1.30. The summed E-state index contributed by atoms with van der Waals surface area (Å²) in [7, 11) is -9.93. The van der Waals surface area contributed by atoms with Crippen molar-refractivity contribution in [3.8, 4) is 0 Å². The van der Waals surface area contributed by atoms with Crippen molar-refractivity contribution in [2.24, 2.45) is 5.92 Å². The number of ether oxygens (including phenoxy) is 4. The van der Waals surface area contributed by atoms with Gasteiger partial charge in [0.1, 0.15) is 19.3 Å². The zero-order valence-corrected chi connectivity index (χ0v) is 74.9. The number of esters is 4. The summed E-state index contributed by atoms with van der Waals surface area (Å²) in [4.78, 5) is 73.4. The van der Waals surface area contributed by atoms with E-state index in [2.05, 4.69) is 34.6 Å². The first-order chi connectivity index (χ1) is 54.0. The van der Waals surface area contributed by atoms with Crippen molar-refractivity contribution in [2.75, 3.05) is 39.6 Å². The fourth-order valence-electron chi connectivity index (χ4n) is 14.5. The van der Waals surface area contributed by atoms with Crippen molar-refractivity contribution in [1.29, 1.82) is 0 Å². The van der Waals surface area contributed by atoms with E-state index < -0.39 is 97.5 Å². The molecule has 0 radical (unpaired) electrons. The van der Waals surface area contributed by atoms with Gasteiger partial charge in [-0.3, -0.25) is 37.3 Å². The zero-order valence-electron chi connectivity index (χ0n) is 73.1. The molecule has 0 aliphatic carbocycles. The molecule has 0 spiro atoms. The lowest BCUT2D eigenvalue weighted by molar-refractivity contribution is -0.161. The largest absolute Gasteiger partial charge is 0.472 e. The zero-order chi connectivity index (χ0) is 81.1. The van der Waals surface area contributed by atoms with Crippen LogP contribution in [0.3, 0.4) is 0 Å². The molecule has 111 heavy (non-hydrogen) atoms.